The highest BCUT2D eigenvalue weighted by Gasteiger charge is 2.50. The van der Waals surface area contributed by atoms with E-state index in [1.807, 2.05) is 26.0 Å². The highest BCUT2D eigenvalue weighted by Crippen LogP contribution is 2.38. The van der Waals surface area contributed by atoms with Crippen molar-refractivity contribution < 1.29 is 13.6 Å². The van der Waals surface area contributed by atoms with E-state index in [0.29, 0.717) is 19.7 Å². The number of hydrogen-bond acceptors (Lipinski definition) is 4. The molecule has 1 aromatic heterocycles. The third-order valence-corrected chi connectivity index (χ3v) is 11.5. The lowest BCUT2D eigenvalue weighted by Gasteiger charge is -2.43. The summed E-state index contributed by atoms with van der Waals surface area (Å²) in [6.07, 6.45) is 1.43. The Morgan fingerprint density at radius 1 is 0.971 bits per heavy atom. The van der Waals surface area contributed by atoms with Crippen LogP contribution < -0.4 is 15.3 Å². The summed E-state index contributed by atoms with van der Waals surface area (Å²) in [7, 11) is -2.72. The lowest BCUT2D eigenvalue weighted by Crippen LogP contribution is -2.66. The van der Waals surface area contributed by atoms with Crippen LogP contribution in [0.3, 0.4) is 0 Å². The number of aromatic nitrogens is 1. The molecule has 0 amide bonds. The lowest BCUT2D eigenvalue weighted by molar-refractivity contribution is -0.00535. The molecule has 0 saturated carbocycles. The average molecular weight is 479 g/mol. The van der Waals surface area contributed by atoms with E-state index in [4.69, 9.17) is 9.16 Å². The van der Waals surface area contributed by atoms with Crippen LogP contribution in [0.1, 0.15) is 40.3 Å². The number of pyridine rings is 1. The maximum atomic E-state index is 14.3. The van der Waals surface area contributed by atoms with E-state index in [0.717, 1.165) is 11.4 Å². The minimum absolute atomic E-state index is 0.0671. The Morgan fingerprint density at radius 2 is 1.50 bits per heavy atom. The Morgan fingerprint density at radius 3 is 2.00 bits per heavy atom. The Labute approximate surface area is 203 Å². The second-order valence-corrected chi connectivity index (χ2v) is 14.5. The molecule has 3 aromatic rings. The molecule has 2 aromatic carbocycles. The van der Waals surface area contributed by atoms with Gasteiger partial charge < -0.3 is 14.1 Å². The molecule has 2 atom stereocenters. The number of morpholine rings is 1. The molecule has 1 saturated heterocycles. The first-order valence-corrected chi connectivity index (χ1v) is 13.9. The topological polar surface area (TPSA) is 34.6 Å². The monoisotopic (exact) mass is 478 g/mol. The summed E-state index contributed by atoms with van der Waals surface area (Å²) in [6, 6.07) is 22.7. The molecule has 1 aliphatic rings. The van der Waals surface area contributed by atoms with Crippen molar-refractivity contribution in [2.45, 2.75) is 58.5 Å². The van der Waals surface area contributed by atoms with E-state index in [1.54, 1.807) is 6.07 Å². The molecule has 1 aliphatic heterocycles. The minimum atomic E-state index is -2.72. The molecule has 0 aliphatic carbocycles. The summed E-state index contributed by atoms with van der Waals surface area (Å²) in [5.41, 5.74) is 1.55. The molecule has 0 bridgehead atoms. The second-order valence-electron chi connectivity index (χ2n) is 10.2. The summed E-state index contributed by atoms with van der Waals surface area (Å²) in [6.45, 7) is 12.6. The van der Waals surface area contributed by atoms with E-state index in [2.05, 4.69) is 79.2 Å². The fourth-order valence-corrected chi connectivity index (χ4v) is 9.66. The average Bonchev–Trinajstić information content (AvgIpc) is 2.80. The van der Waals surface area contributed by atoms with Crippen molar-refractivity contribution in [2.75, 3.05) is 18.0 Å². The van der Waals surface area contributed by atoms with Crippen LogP contribution in [0.15, 0.2) is 72.9 Å². The van der Waals surface area contributed by atoms with E-state index < -0.39 is 8.32 Å². The number of halogens is 1. The third-order valence-electron chi connectivity index (χ3n) is 6.52. The minimum Gasteiger partial charge on any atom is -0.401 e. The number of hydrogen-bond donors (Lipinski definition) is 0. The molecule has 0 unspecified atom stereocenters. The maximum absolute atomic E-state index is 14.3. The van der Waals surface area contributed by atoms with E-state index >= 15 is 0 Å². The highest BCUT2D eigenvalue weighted by atomic mass is 28.4. The zero-order valence-corrected chi connectivity index (χ0v) is 21.8. The number of benzene rings is 2. The zero-order valence-electron chi connectivity index (χ0n) is 20.8. The van der Waals surface area contributed by atoms with Gasteiger partial charge in [0.2, 0.25) is 0 Å². The van der Waals surface area contributed by atoms with Gasteiger partial charge in [-0.25, -0.2) is 4.39 Å². The van der Waals surface area contributed by atoms with Crippen LogP contribution in [0.4, 0.5) is 10.1 Å². The van der Waals surface area contributed by atoms with Gasteiger partial charge in [0.05, 0.1) is 36.4 Å². The van der Waals surface area contributed by atoms with Gasteiger partial charge in [-0.1, -0.05) is 81.4 Å². The van der Waals surface area contributed by atoms with Crippen LogP contribution in [0.5, 0.6) is 0 Å². The van der Waals surface area contributed by atoms with Gasteiger partial charge in [-0.3, -0.25) is 4.98 Å². The van der Waals surface area contributed by atoms with Gasteiger partial charge in [0.25, 0.3) is 8.32 Å². The van der Waals surface area contributed by atoms with Crippen LogP contribution in [0.2, 0.25) is 5.04 Å². The van der Waals surface area contributed by atoms with Gasteiger partial charge in [-0.2, -0.15) is 0 Å². The summed E-state index contributed by atoms with van der Waals surface area (Å²) in [5, 5.41) is 2.29. The van der Waals surface area contributed by atoms with Crippen molar-refractivity contribution in [1.29, 1.82) is 0 Å². The van der Waals surface area contributed by atoms with Gasteiger partial charge >= 0.3 is 0 Å². The SMILES string of the molecule is C[C@@H]1CN(c2cc(F)cnc2CO[Si](c2ccccc2)(c2ccccc2)C(C)(C)C)C[C@@H](C)O1. The van der Waals surface area contributed by atoms with E-state index in [-0.39, 0.29) is 23.1 Å². The summed E-state index contributed by atoms with van der Waals surface area (Å²) in [4.78, 5) is 6.70. The van der Waals surface area contributed by atoms with Crippen LogP contribution in [-0.2, 0) is 15.8 Å². The smallest absolute Gasteiger partial charge is 0.261 e. The third kappa shape index (κ3) is 4.94. The normalized spacial score (nSPS) is 19.3. The Kier molecular flexibility index (Phi) is 7.21. The van der Waals surface area contributed by atoms with Crippen molar-refractivity contribution in [2.24, 2.45) is 0 Å². The molecule has 34 heavy (non-hydrogen) atoms. The number of rotatable bonds is 6. The summed E-state index contributed by atoms with van der Waals surface area (Å²) in [5.74, 6) is -0.337. The first-order valence-electron chi connectivity index (χ1n) is 12.0. The molecule has 180 valence electrons. The van der Waals surface area contributed by atoms with Crippen LogP contribution >= 0.6 is 0 Å². The van der Waals surface area contributed by atoms with E-state index in [1.165, 1.54) is 16.6 Å². The molecular formula is C28H35FN2O2Si. The molecule has 6 heteroatoms. The summed E-state index contributed by atoms with van der Waals surface area (Å²) < 4.78 is 27.3. The molecular weight excluding hydrogens is 443 g/mol. The van der Waals surface area contributed by atoms with Gasteiger partial charge in [0, 0.05) is 19.2 Å². The Balaban J connectivity index is 1.76. The molecule has 1 fully saturated rings. The second kappa shape index (κ2) is 9.98. The van der Waals surface area contributed by atoms with Gasteiger partial charge in [-0.05, 0) is 29.3 Å². The van der Waals surface area contributed by atoms with Gasteiger partial charge in [0.1, 0.15) is 5.82 Å². The highest BCUT2D eigenvalue weighted by molar-refractivity contribution is 6.99. The first-order chi connectivity index (χ1) is 16.2. The fourth-order valence-electron chi connectivity index (χ4n) is 5.15. The number of anilines is 1. The van der Waals surface area contributed by atoms with Crippen LogP contribution in [-0.4, -0.2) is 38.6 Å². The van der Waals surface area contributed by atoms with Crippen molar-refractivity contribution in [3.05, 3.63) is 84.4 Å². The van der Waals surface area contributed by atoms with E-state index in [9.17, 15) is 4.39 Å². The van der Waals surface area contributed by atoms with Gasteiger partial charge in [0.15, 0.2) is 0 Å². The summed E-state index contributed by atoms with van der Waals surface area (Å²) >= 11 is 0. The van der Waals surface area contributed by atoms with Crippen molar-refractivity contribution in [1.82, 2.24) is 4.98 Å². The largest absolute Gasteiger partial charge is 0.401 e. The predicted octanol–water partition coefficient (Wildman–Crippen LogP) is 4.91. The molecule has 0 spiro atoms. The molecule has 2 heterocycles. The molecule has 0 N–H and O–H groups in total. The fraction of sp³-hybridized carbons (Fsp3) is 0.393. The van der Waals surface area contributed by atoms with Gasteiger partial charge in [-0.15, -0.1) is 0 Å². The number of ether oxygens (including phenoxy) is 1. The van der Waals surface area contributed by atoms with Crippen LogP contribution in [0, 0.1) is 5.82 Å². The standard InChI is InChI=1S/C28H35FN2O2Si/c1-21-18-31(19-22(2)33-21)27-16-23(29)17-30-26(27)20-32-34(28(3,4)5,24-12-8-6-9-13-24)25-14-10-7-11-15-25/h6-17,21-22H,18-20H2,1-5H3/t21-,22-/m1/s1. The first kappa shape index (κ1) is 24.6. The maximum Gasteiger partial charge on any atom is 0.261 e. The number of nitrogens with zero attached hydrogens (tertiary/aromatic N) is 2. The van der Waals surface area contributed by atoms with Crippen molar-refractivity contribution in [3.8, 4) is 0 Å². The zero-order chi connectivity index (χ0) is 24.3. The van der Waals surface area contributed by atoms with Crippen molar-refractivity contribution >= 4 is 24.4 Å². The molecule has 4 rings (SSSR count). The lowest BCUT2D eigenvalue weighted by atomic mass is 10.2. The Hall–Kier alpha value is -2.54. The van der Waals surface area contributed by atoms with Crippen LogP contribution in [0.25, 0.3) is 0 Å². The van der Waals surface area contributed by atoms with Crippen molar-refractivity contribution in [3.63, 3.8) is 0 Å². The molecule has 0 radical (unpaired) electrons. The Bertz CT molecular complexity index is 1040. The quantitative estimate of drug-likeness (QED) is 0.472. The predicted molar refractivity (Wildman–Crippen MR) is 139 cm³/mol. The molecule has 4 nitrogen and oxygen atoms in total.